The average Bonchev–Trinajstić information content (AvgIpc) is 2.39. The molecule has 0 aliphatic carbocycles. The summed E-state index contributed by atoms with van der Waals surface area (Å²) in [6, 6.07) is 7.10. The molecule has 5 nitrogen and oxygen atoms in total. The van der Waals surface area contributed by atoms with Crippen molar-refractivity contribution in [1.82, 2.24) is 9.97 Å². The molecule has 0 atom stereocenters. The molecule has 5 heteroatoms. The minimum absolute atomic E-state index is 0.239. The number of benzene rings is 1. The van der Waals surface area contributed by atoms with Gasteiger partial charge in [0.05, 0.1) is 12.2 Å². The van der Waals surface area contributed by atoms with Gasteiger partial charge in [0.25, 0.3) is 0 Å². The highest BCUT2D eigenvalue weighted by molar-refractivity contribution is 5.90. The predicted molar refractivity (Wildman–Crippen MR) is 69.2 cm³/mol. The van der Waals surface area contributed by atoms with Gasteiger partial charge >= 0.3 is 12.0 Å². The summed E-state index contributed by atoms with van der Waals surface area (Å²) < 4.78 is 10.5. The summed E-state index contributed by atoms with van der Waals surface area (Å²) in [6.07, 6.45) is 3.18. The van der Waals surface area contributed by atoms with Crippen molar-refractivity contribution in [2.75, 3.05) is 6.61 Å². The number of hydrogen-bond acceptors (Lipinski definition) is 5. The van der Waals surface area contributed by atoms with Crippen LogP contribution in [0.5, 0.6) is 11.8 Å². The first-order valence-electron chi connectivity index (χ1n) is 5.92. The summed E-state index contributed by atoms with van der Waals surface area (Å²) in [4.78, 5) is 19.6. The molecule has 0 aliphatic rings. The van der Waals surface area contributed by atoms with Gasteiger partial charge in [-0.05, 0) is 43.7 Å². The van der Waals surface area contributed by atoms with E-state index >= 15 is 0 Å². The summed E-state index contributed by atoms with van der Waals surface area (Å²) in [5.41, 5.74) is 1.35. The second kappa shape index (κ2) is 5.95. The van der Waals surface area contributed by atoms with Crippen LogP contribution in [0.15, 0.2) is 36.7 Å². The summed E-state index contributed by atoms with van der Waals surface area (Å²) in [5.74, 6) is 0.138. The number of rotatable bonds is 4. The van der Waals surface area contributed by atoms with Crippen LogP contribution in [0, 0.1) is 6.92 Å². The maximum Gasteiger partial charge on any atom is 0.338 e. The monoisotopic (exact) mass is 258 g/mol. The van der Waals surface area contributed by atoms with Crippen LogP contribution in [0.2, 0.25) is 0 Å². The Bertz CT molecular complexity index is 570. The maximum absolute atomic E-state index is 11.7. The molecule has 1 aromatic carbocycles. The molecule has 1 aromatic heterocycles. The lowest BCUT2D eigenvalue weighted by atomic mass is 10.1. The first-order valence-corrected chi connectivity index (χ1v) is 5.92. The molecular weight excluding hydrogens is 244 g/mol. The molecule has 0 saturated carbocycles. The third-order valence-electron chi connectivity index (χ3n) is 2.31. The average molecular weight is 258 g/mol. The van der Waals surface area contributed by atoms with Crippen molar-refractivity contribution in [3.63, 3.8) is 0 Å². The summed E-state index contributed by atoms with van der Waals surface area (Å²) in [5, 5.41) is 0. The van der Waals surface area contributed by atoms with Crippen LogP contribution in [0.1, 0.15) is 22.8 Å². The highest BCUT2D eigenvalue weighted by Gasteiger charge is 2.10. The minimum atomic E-state index is -0.370. The molecule has 0 N–H and O–H groups in total. The van der Waals surface area contributed by atoms with Gasteiger partial charge in [0.2, 0.25) is 0 Å². The number of carbonyl (C=O) groups excluding carboxylic acids is 1. The molecule has 0 bridgehead atoms. The third-order valence-corrected chi connectivity index (χ3v) is 2.31. The van der Waals surface area contributed by atoms with Gasteiger partial charge in [0.15, 0.2) is 0 Å². The quantitative estimate of drug-likeness (QED) is 0.789. The first-order chi connectivity index (χ1) is 9.19. The Labute approximate surface area is 111 Å². The SMILES string of the molecule is CCOC(=O)c1cc(C)cc(Oc2ncccn2)c1. The fraction of sp³-hybridized carbons (Fsp3) is 0.214. The molecule has 0 amide bonds. The van der Waals surface area contributed by atoms with Gasteiger partial charge < -0.3 is 9.47 Å². The van der Waals surface area contributed by atoms with Gasteiger partial charge in [-0.15, -0.1) is 0 Å². The zero-order chi connectivity index (χ0) is 13.7. The van der Waals surface area contributed by atoms with Crippen molar-refractivity contribution < 1.29 is 14.3 Å². The molecule has 0 saturated heterocycles. The van der Waals surface area contributed by atoms with Gasteiger partial charge in [0, 0.05) is 12.4 Å². The largest absolute Gasteiger partial charge is 0.462 e. The number of esters is 1. The lowest BCUT2D eigenvalue weighted by Crippen LogP contribution is -2.05. The number of nitrogens with zero attached hydrogens (tertiary/aromatic N) is 2. The first kappa shape index (κ1) is 13.0. The van der Waals surface area contributed by atoms with E-state index in [0.29, 0.717) is 17.9 Å². The van der Waals surface area contributed by atoms with Gasteiger partial charge in [-0.2, -0.15) is 0 Å². The Morgan fingerprint density at radius 3 is 2.63 bits per heavy atom. The van der Waals surface area contributed by atoms with Crippen molar-refractivity contribution in [2.24, 2.45) is 0 Å². The van der Waals surface area contributed by atoms with Gasteiger partial charge in [0.1, 0.15) is 5.75 Å². The molecule has 0 spiro atoms. The summed E-state index contributed by atoms with van der Waals surface area (Å²) in [7, 11) is 0. The molecule has 0 radical (unpaired) electrons. The number of hydrogen-bond donors (Lipinski definition) is 0. The highest BCUT2D eigenvalue weighted by atomic mass is 16.5. The highest BCUT2D eigenvalue weighted by Crippen LogP contribution is 2.21. The van der Waals surface area contributed by atoms with Crippen LogP contribution < -0.4 is 4.74 Å². The van der Waals surface area contributed by atoms with E-state index in [4.69, 9.17) is 9.47 Å². The van der Waals surface area contributed by atoms with Crippen LogP contribution in [0.25, 0.3) is 0 Å². The van der Waals surface area contributed by atoms with E-state index in [1.54, 1.807) is 43.6 Å². The van der Waals surface area contributed by atoms with Crippen LogP contribution in [0.3, 0.4) is 0 Å². The van der Waals surface area contributed by atoms with E-state index in [9.17, 15) is 4.79 Å². The zero-order valence-electron chi connectivity index (χ0n) is 10.8. The molecule has 0 unspecified atom stereocenters. The van der Waals surface area contributed by atoms with E-state index in [0.717, 1.165) is 5.56 Å². The second-order valence-corrected chi connectivity index (χ2v) is 3.89. The Morgan fingerprint density at radius 1 is 1.21 bits per heavy atom. The van der Waals surface area contributed by atoms with Gasteiger partial charge in [-0.1, -0.05) is 0 Å². The fourth-order valence-electron chi connectivity index (χ4n) is 1.58. The number of ether oxygens (including phenoxy) is 2. The number of carbonyl (C=O) groups is 1. The predicted octanol–water partition coefficient (Wildman–Crippen LogP) is 2.75. The van der Waals surface area contributed by atoms with E-state index in [1.165, 1.54) is 0 Å². The Kier molecular flexibility index (Phi) is 4.07. The number of aromatic nitrogens is 2. The standard InChI is InChI=1S/C14H14N2O3/c1-3-18-13(17)11-7-10(2)8-12(9-11)19-14-15-5-4-6-16-14/h4-9H,3H2,1-2H3. The van der Waals surface area contributed by atoms with Crippen molar-refractivity contribution in [1.29, 1.82) is 0 Å². The molecule has 0 aliphatic heterocycles. The van der Waals surface area contributed by atoms with E-state index in [1.807, 2.05) is 6.92 Å². The Hall–Kier alpha value is -2.43. The lowest BCUT2D eigenvalue weighted by Gasteiger charge is -2.07. The topological polar surface area (TPSA) is 61.3 Å². The van der Waals surface area contributed by atoms with Crippen LogP contribution in [-0.4, -0.2) is 22.5 Å². The Morgan fingerprint density at radius 2 is 1.95 bits per heavy atom. The summed E-state index contributed by atoms with van der Waals surface area (Å²) in [6.45, 7) is 3.98. The number of aryl methyl sites for hydroxylation is 1. The van der Waals surface area contributed by atoms with Crippen LogP contribution >= 0.6 is 0 Å². The molecule has 2 aromatic rings. The maximum atomic E-state index is 11.7. The van der Waals surface area contributed by atoms with Crippen molar-refractivity contribution in [3.05, 3.63) is 47.8 Å². The lowest BCUT2D eigenvalue weighted by molar-refractivity contribution is 0.0526. The fourth-order valence-corrected chi connectivity index (χ4v) is 1.58. The molecule has 1 heterocycles. The minimum Gasteiger partial charge on any atom is -0.462 e. The molecule has 19 heavy (non-hydrogen) atoms. The van der Waals surface area contributed by atoms with Crippen LogP contribution in [0.4, 0.5) is 0 Å². The second-order valence-electron chi connectivity index (χ2n) is 3.89. The molecule has 0 fully saturated rings. The zero-order valence-corrected chi connectivity index (χ0v) is 10.8. The van der Waals surface area contributed by atoms with E-state index < -0.39 is 0 Å². The normalized spacial score (nSPS) is 10.0. The molecular formula is C14H14N2O3. The Balaban J connectivity index is 2.24. The van der Waals surface area contributed by atoms with Crippen LogP contribution in [-0.2, 0) is 4.74 Å². The van der Waals surface area contributed by atoms with Crippen molar-refractivity contribution in [2.45, 2.75) is 13.8 Å². The van der Waals surface area contributed by atoms with E-state index in [2.05, 4.69) is 9.97 Å². The third kappa shape index (κ3) is 3.51. The van der Waals surface area contributed by atoms with Crippen molar-refractivity contribution >= 4 is 5.97 Å². The summed E-state index contributed by atoms with van der Waals surface area (Å²) >= 11 is 0. The van der Waals surface area contributed by atoms with E-state index in [-0.39, 0.29) is 12.0 Å². The molecule has 2 rings (SSSR count). The molecule has 98 valence electrons. The van der Waals surface area contributed by atoms with Gasteiger partial charge in [-0.25, -0.2) is 14.8 Å². The van der Waals surface area contributed by atoms with Gasteiger partial charge in [-0.3, -0.25) is 0 Å². The van der Waals surface area contributed by atoms with Crippen molar-refractivity contribution in [3.8, 4) is 11.8 Å². The smallest absolute Gasteiger partial charge is 0.338 e.